The molecule has 0 radical (unpaired) electrons. The number of rotatable bonds is 17. The summed E-state index contributed by atoms with van der Waals surface area (Å²) in [7, 11) is 0. The molecule has 1 heterocycles. The third-order valence-electron chi connectivity index (χ3n) is 4.61. The molecule has 31 heavy (non-hydrogen) atoms. The molecule has 170 valence electrons. The molecule has 1 aromatic rings. The first kappa shape index (κ1) is 26.3. The molecule has 1 aromatic heterocycles. The highest BCUT2D eigenvalue weighted by Gasteiger charge is 2.06. The highest BCUT2D eigenvalue weighted by Crippen LogP contribution is 2.08. The molecule has 5 nitrogen and oxygen atoms in total. The minimum absolute atomic E-state index is 0.196. The van der Waals surface area contributed by atoms with E-state index in [2.05, 4.69) is 53.7 Å². The Bertz CT molecular complexity index is 681. The maximum atomic E-state index is 11.8. The fourth-order valence-electron chi connectivity index (χ4n) is 2.89. The Morgan fingerprint density at radius 3 is 2.42 bits per heavy atom. The lowest BCUT2D eigenvalue weighted by atomic mass is 10.1. The number of amides is 1. The Morgan fingerprint density at radius 1 is 0.968 bits per heavy atom. The predicted molar refractivity (Wildman–Crippen MR) is 127 cm³/mol. The molecular formula is C26H38N2O3. The molecule has 1 N–H and O–H groups in total. The zero-order chi connectivity index (χ0) is 22.4. The number of pyridine rings is 1. The predicted octanol–water partition coefficient (Wildman–Crippen LogP) is 5.94. The largest absolute Gasteiger partial charge is 0.464 e. The number of unbranched alkanes of at least 4 members (excludes halogenated alkanes) is 5. The third kappa shape index (κ3) is 15.8. The second-order valence-corrected chi connectivity index (χ2v) is 7.32. The number of nitrogens with one attached hydrogen (secondary N) is 1. The summed E-state index contributed by atoms with van der Waals surface area (Å²) in [6.45, 7) is 2.65. The van der Waals surface area contributed by atoms with E-state index in [0.717, 1.165) is 44.9 Å². The van der Waals surface area contributed by atoms with Crippen LogP contribution in [-0.4, -0.2) is 30.0 Å². The zero-order valence-corrected chi connectivity index (χ0v) is 18.9. The lowest BCUT2D eigenvalue weighted by Crippen LogP contribution is -2.28. The van der Waals surface area contributed by atoms with E-state index >= 15 is 0 Å². The van der Waals surface area contributed by atoms with Crippen molar-refractivity contribution in [2.24, 2.45) is 0 Å². The van der Waals surface area contributed by atoms with Crippen LogP contribution < -0.4 is 5.32 Å². The Kier molecular flexibility index (Phi) is 16.4. The van der Waals surface area contributed by atoms with Crippen LogP contribution in [-0.2, 0) is 9.53 Å². The van der Waals surface area contributed by atoms with Crippen LogP contribution in [0.2, 0.25) is 0 Å². The van der Waals surface area contributed by atoms with Gasteiger partial charge in [-0.25, -0.2) is 0 Å². The average Bonchev–Trinajstić information content (AvgIpc) is 2.79. The van der Waals surface area contributed by atoms with Crippen molar-refractivity contribution in [3.63, 3.8) is 0 Å². The molecule has 0 bridgehead atoms. The van der Waals surface area contributed by atoms with Crippen LogP contribution in [0.1, 0.15) is 81.5 Å². The lowest BCUT2D eigenvalue weighted by molar-refractivity contribution is -0.143. The van der Waals surface area contributed by atoms with Crippen molar-refractivity contribution in [3.8, 4) is 0 Å². The van der Waals surface area contributed by atoms with Crippen molar-refractivity contribution in [1.82, 2.24) is 10.3 Å². The van der Waals surface area contributed by atoms with Gasteiger partial charge >= 0.3 is 5.97 Å². The number of esters is 1. The summed E-state index contributed by atoms with van der Waals surface area (Å²) >= 11 is 0. The van der Waals surface area contributed by atoms with Gasteiger partial charge in [0.15, 0.2) is 0 Å². The number of allylic oxidation sites excluding steroid dienone is 6. The van der Waals surface area contributed by atoms with E-state index in [1.54, 1.807) is 18.3 Å². The van der Waals surface area contributed by atoms with Crippen molar-refractivity contribution in [2.75, 3.05) is 13.2 Å². The van der Waals surface area contributed by atoms with Gasteiger partial charge in [0.05, 0.1) is 12.1 Å². The molecule has 0 atom stereocenters. The maximum Gasteiger partial charge on any atom is 0.305 e. The molecule has 0 aromatic carbocycles. The van der Waals surface area contributed by atoms with Gasteiger partial charge in [-0.1, -0.05) is 62.6 Å². The first-order chi connectivity index (χ1) is 15.2. The van der Waals surface area contributed by atoms with Gasteiger partial charge in [-0.3, -0.25) is 14.6 Å². The van der Waals surface area contributed by atoms with Gasteiger partial charge in [0.25, 0.3) is 5.91 Å². The topological polar surface area (TPSA) is 68.3 Å². The van der Waals surface area contributed by atoms with Crippen LogP contribution in [0.4, 0.5) is 0 Å². The summed E-state index contributed by atoms with van der Waals surface area (Å²) in [4.78, 5) is 27.4. The molecule has 0 unspecified atom stereocenters. The molecular weight excluding hydrogens is 388 g/mol. The number of hydrogen-bond donors (Lipinski definition) is 1. The van der Waals surface area contributed by atoms with E-state index in [0.29, 0.717) is 18.5 Å². The van der Waals surface area contributed by atoms with Crippen LogP contribution in [0.5, 0.6) is 0 Å². The van der Waals surface area contributed by atoms with Crippen LogP contribution in [0.15, 0.2) is 61.0 Å². The summed E-state index contributed by atoms with van der Waals surface area (Å²) in [5.41, 5.74) is 0.497. The van der Waals surface area contributed by atoms with Gasteiger partial charge in [0, 0.05) is 18.8 Å². The molecule has 1 amide bonds. The fourth-order valence-corrected chi connectivity index (χ4v) is 2.89. The van der Waals surface area contributed by atoms with E-state index in [1.165, 1.54) is 19.0 Å². The number of ether oxygens (including phenoxy) is 1. The van der Waals surface area contributed by atoms with Crippen LogP contribution in [0.25, 0.3) is 0 Å². The van der Waals surface area contributed by atoms with Gasteiger partial charge < -0.3 is 10.1 Å². The van der Waals surface area contributed by atoms with Gasteiger partial charge in [0.1, 0.15) is 6.61 Å². The van der Waals surface area contributed by atoms with Crippen LogP contribution in [0, 0.1) is 0 Å². The fraction of sp³-hybridized carbons (Fsp3) is 0.500. The highest BCUT2D eigenvalue weighted by atomic mass is 16.5. The number of aromatic nitrogens is 1. The number of hydrogen-bond acceptors (Lipinski definition) is 4. The molecule has 5 heteroatoms. The van der Waals surface area contributed by atoms with Crippen molar-refractivity contribution >= 4 is 11.9 Å². The number of carbonyl (C=O) groups is 2. The smallest absolute Gasteiger partial charge is 0.305 e. The first-order valence-electron chi connectivity index (χ1n) is 11.5. The van der Waals surface area contributed by atoms with Crippen molar-refractivity contribution < 1.29 is 14.3 Å². The monoisotopic (exact) mass is 426 g/mol. The number of nitrogens with zero attached hydrogens (tertiary/aromatic N) is 1. The summed E-state index contributed by atoms with van der Waals surface area (Å²) in [5, 5.41) is 2.71. The SMILES string of the molecule is CCC=CCC=CCC=CCCCCCCCC(=O)OCCNC(=O)c1cccnc1. The minimum Gasteiger partial charge on any atom is -0.464 e. The highest BCUT2D eigenvalue weighted by molar-refractivity contribution is 5.93. The maximum absolute atomic E-state index is 11.8. The standard InChI is InChI=1S/C26H38N2O3/c1-2-3-4-5-6-7-8-9-10-11-12-13-14-15-16-19-25(29)31-22-21-28-26(30)24-18-17-20-27-23-24/h3-4,6-7,9-10,17-18,20,23H,2,5,8,11-16,19,21-22H2,1H3,(H,28,30). The van der Waals surface area contributed by atoms with Gasteiger partial charge in [-0.05, 0) is 50.7 Å². The van der Waals surface area contributed by atoms with Crippen molar-refractivity contribution in [2.45, 2.75) is 71.1 Å². The van der Waals surface area contributed by atoms with Gasteiger partial charge in [0.2, 0.25) is 0 Å². The Morgan fingerprint density at radius 2 is 1.68 bits per heavy atom. The van der Waals surface area contributed by atoms with E-state index < -0.39 is 0 Å². The minimum atomic E-state index is -0.213. The molecule has 0 aliphatic carbocycles. The summed E-state index contributed by atoms with van der Waals surface area (Å²) in [6, 6.07) is 3.40. The summed E-state index contributed by atoms with van der Waals surface area (Å²) in [5.74, 6) is -0.410. The average molecular weight is 427 g/mol. The normalized spacial score (nSPS) is 11.5. The van der Waals surface area contributed by atoms with Crippen LogP contribution in [0.3, 0.4) is 0 Å². The number of carbonyl (C=O) groups excluding carboxylic acids is 2. The zero-order valence-electron chi connectivity index (χ0n) is 18.9. The molecule has 0 aliphatic rings. The summed E-state index contributed by atoms with van der Waals surface area (Å²) < 4.78 is 5.16. The van der Waals surface area contributed by atoms with E-state index in [4.69, 9.17) is 4.74 Å². The van der Waals surface area contributed by atoms with Crippen molar-refractivity contribution in [1.29, 1.82) is 0 Å². The third-order valence-corrected chi connectivity index (χ3v) is 4.61. The van der Waals surface area contributed by atoms with E-state index in [-0.39, 0.29) is 18.5 Å². The van der Waals surface area contributed by atoms with E-state index in [1.807, 2.05) is 0 Å². The second-order valence-electron chi connectivity index (χ2n) is 7.32. The van der Waals surface area contributed by atoms with Crippen molar-refractivity contribution in [3.05, 3.63) is 66.5 Å². The second kappa shape index (κ2) is 19.3. The van der Waals surface area contributed by atoms with Crippen LogP contribution >= 0.6 is 0 Å². The van der Waals surface area contributed by atoms with Gasteiger partial charge in [-0.2, -0.15) is 0 Å². The Hall–Kier alpha value is -2.69. The molecule has 0 aliphatic heterocycles. The molecule has 0 spiro atoms. The molecule has 1 rings (SSSR count). The van der Waals surface area contributed by atoms with Gasteiger partial charge in [-0.15, -0.1) is 0 Å². The molecule has 0 fully saturated rings. The van der Waals surface area contributed by atoms with E-state index in [9.17, 15) is 9.59 Å². The molecule has 0 saturated heterocycles. The lowest BCUT2D eigenvalue weighted by Gasteiger charge is -2.06. The summed E-state index contributed by atoms with van der Waals surface area (Å²) in [6.07, 6.45) is 26.6. The quantitative estimate of drug-likeness (QED) is 0.190. The molecule has 0 saturated carbocycles. The first-order valence-corrected chi connectivity index (χ1v) is 11.5. The Balaban J connectivity index is 1.88. The Labute approximate surface area is 187 Å².